The van der Waals surface area contributed by atoms with Crippen LogP contribution >= 0.6 is 23.2 Å². The molecule has 2 aromatic carbocycles. The van der Waals surface area contributed by atoms with Gasteiger partial charge in [-0.2, -0.15) is 0 Å². The molecule has 0 aromatic heterocycles. The minimum Gasteiger partial charge on any atom is -0.484 e. The molecule has 3 N–H and O–H groups in total. The van der Waals surface area contributed by atoms with E-state index in [1.165, 1.54) is 12.1 Å². The summed E-state index contributed by atoms with van der Waals surface area (Å²) in [5.41, 5.74) is 3.64. The number of nitrogens with zero attached hydrogens (tertiary/aromatic N) is 1. The van der Waals surface area contributed by atoms with E-state index in [2.05, 4.69) is 16.1 Å². The van der Waals surface area contributed by atoms with Gasteiger partial charge in [-0.15, -0.1) is 0 Å². The van der Waals surface area contributed by atoms with Crippen molar-refractivity contribution in [2.75, 3.05) is 31.6 Å². The second-order valence-electron chi connectivity index (χ2n) is 7.80. The molecule has 0 bridgehead atoms. The lowest BCUT2D eigenvalue weighted by Gasteiger charge is -2.34. The average molecular weight is 497 g/mol. The summed E-state index contributed by atoms with van der Waals surface area (Å²) in [5.74, 6) is -0.333. The average Bonchev–Trinajstić information content (AvgIpc) is 2.80. The van der Waals surface area contributed by atoms with Crippen LogP contribution in [-0.2, 0) is 9.59 Å². The largest absolute Gasteiger partial charge is 0.484 e. The van der Waals surface area contributed by atoms with Crippen molar-refractivity contribution in [1.82, 2.24) is 15.8 Å². The van der Waals surface area contributed by atoms with Crippen molar-refractivity contribution in [2.45, 2.75) is 25.0 Å². The van der Waals surface area contributed by atoms with Crippen LogP contribution in [0.3, 0.4) is 0 Å². The third-order valence-electron chi connectivity index (χ3n) is 5.37. The van der Waals surface area contributed by atoms with Gasteiger partial charge in [0.05, 0.1) is 17.3 Å². The van der Waals surface area contributed by atoms with Crippen molar-refractivity contribution >= 4 is 40.7 Å². The second kappa shape index (κ2) is 10.5. The lowest BCUT2D eigenvalue weighted by Crippen LogP contribution is -2.55. The van der Waals surface area contributed by atoms with Gasteiger partial charge in [-0.1, -0.05) is 23.2 Å². The number of ether oxygens (including phenoxy) is 2. The number of amides is 2. The molecule has 2 aliphatic rings. The number of halogens is 3. The third kappa shape index (κ3) is 6.19. The van der Waals surface area contributed by atoms with Crippen molar-refractivity contribution in [3.05, 3.63) is 52.3 Å². The summed E-state index contributed by atoms with van der Waals surface area (Å²) in [6.07, 6.45) is 0.658. The highest BCUT2D eigenvalue weighted by molar-refractivity contribution is 6.31. The van der Waals surface area contributed by atoms with E-state index in [-0.39, 0.29) is 35.2 Å². The van der Waals surface area contributed by atoms with Crippen LogP contribution in [0.25, 0.3) is 0 Å². The van der Waals surface area contributed by atoms with Crippen molar-refractivity contribution in [3.8, 4) is 11.5 Å². The summed E-state index contributed by atoms with van der Waals surface area (Å²) in [7, 11) is 0. The van der Waals surface area contributed by atoms with E-state index in [1.54, 1.807) is 18.2 Å². The number of benzene rings is 2. The normalized spacial score (nSPS) is 18.5. The molecular formula is C22H23Cl2FN4O4. The molecule has 0 radical (unpaired) electrons. The molecule has 0 spiro atoms. The first-order valence-corrected chi connectivity index (χ1v) is 11.3. The number of rotatable bonds is 6. The Hall–Kier alpha value is -2.75. The minimum absolute atomic E-state index is 0.00769. The van der Waals surface area contributed by atoms with Gasteiger partial charge in [0.2, 0.25) is 0 Å². The minimum atomic E-state index is -0.661. The van der Waals surface area contributed by atoms with Crippen LogP contribution in [0, 0.1) is 5.82 Å². The Morgan fingerprint density at radius 1 is 1.18 bits per heavy atom. The van der Waals surface area contributed by atoms with Gasteiger partial charge in [0.15, 0.2) is 12.7 Å². The number of piperidine rings is 1. The maximum Gasteiger partial charge on any atom is 0.277 e. The predicted octanol–water partition coefficient (Wildman–Crippen LogP) is 3.00. The highest BCUT2D eigenvalue weighted by atomic mass is 35.5. The Morgan fingerprint density at radius 3 is 2.73 bits per heavy atom. The monoisotopic (exact) mass is 496 g/mol. The molecule has 33 heavy (non-hydrogen) atoms. The van der Waals surface area contributed by atoms with Gasteiger partial charge in [0, 0.05) is 30.2 Å². The van der Waals surface area contributed by atoms with E-state index in [4.69, 9.17) is 32.7 Å². The van der Waals surface area contributed by atoms with Gasteiger partial charge in [-0.25, -0.2) is 9.40 Å². The number of hydrogen-bond acceptors (Lipinski definition) is 6. The number of nitrogens with one attached hydrogen (secondary N) is 3. The van der Waals surface area contributed by atoms with Crippen LogP contribution in [0.5, 0.6) is 11.5 Å². The molecule has 2 aliphatic heterocycles. The quantitative estimate of drug-likeness (QED) is 0.569. The zero-order valence-electron chi connectivity index (χ0n) is 17.6. The van der Waals surface area contributed by atoms with Crippen molar-refractivity contribution in [1.29, 1.82) is 0 Å². The van der Waals surface area contributed by atoms with Gasteiger partial charge in [-0.05, 0) is 43.2 Å². The molecule has 1 atom stereocenters. The fourth-order valence-electron chi connectivity index (χ4n) is 3.64. The topological polar surface area (TPSA) is 91.9 Å². The number of carbonyl (C=O) groups is 2. The Bertz CT molecular complexity index is 1030. The number of hydrazine groups is 1. The van der Waals surface area contributed by atoms with Crippen LogP contribution in [-0.4, -0.2) is 55.2 Å². The molecule has 2 aromatic rings. The molecule has 176 valence electrons. The van der Waals surface area contributed by atoms with Crippen LogP contribution in [0.4, 0.5) is 10.1 Å². The van der Waals surface area contributed by atoms with E-state index in [1.807, 2.05) is 5.01 Å². The summed E-state index contributed by atoms with van der Waals surface area (Å²) >= 11 is 11.6. The number of carbonyl (C=O) groups excluding carboxylic acids is 2. The molecule has 0 unspecified atom stereocenters. The fourth-order valence-corrected chi connectivity index (χ4v) is 3.92. The smallest absolute Gasteiger partial charge is 0.277 e. The Balaban J connectivity index is 1.17. The van der Waals surface area contributed by atoms with Gasteiger partial charge < -0.3 is 20.1 Å². The van der Waals surface area contributed by atoms with Crippen LogP contribution in [0.15, 0.2) is 36.4 Å². The molecule has 1 fully saturated rings. The fraction of sp³-hybridized carbons (Fsp3) is 0.364. The molecule has 8 nitrogen and oxygen atoms in total. The highest BCUT2D eigenvalue weighted by Crippen LogP contribution is 2.31. The molecule has 0 saturated carbocycles. The number of hydrogen-bond donors (Lipinski definition) is 3. The Labute approximate surface area is 200 Å². The summed E-state index contributed by atoms with van der Waals surface area (Å²) in [4.78, 5) is 24.8. The van der Waals surface area contributed by atoms with E-state index in [9.17, 15) is 14.0 Å². The molecule has 2 heterocycles. The Kier molecular flexibility index (Phi) is 7.42. The van der Waals surface area contributed by atoms with E-state index < -0.39 is 11.9 Å². The molecular weight excluding hydrogens is 474 g/mol. The number of anilines is 1. The summed E-state index contributed by atoms with van der Waals surface area (Å²) in [6, 6.07) is 9.15. The molecule has 2 amide bonds. The van der Waals surface area contributed by atoms with Crippen molar-refractivity contribution in [3.63, 3.8) is 0 Å². The first kappa shape index (κ1) is 23.4. The molecule has 1 saturated heterocycles. The molecule has 11 heteroatoms. The van der Waals surface area contributed by atoms with E-state index in [0.29, 0.717) is 43.2 Å². The summed E-state index contributed by atoms with van der Waals surface area (Å²) in [5, 5.41) is 8.46. The lowest BCUT2D eigenvalue weighted by molar-refractivity contribution is -0.133. The van der Waals surface area contributed by atoms with Crippen LogP contribution in [0.1, 0.15) is 12.8 Å². The van der Waals surface area contributed by atoms with E-state index >= 15 is 0 Å². The maximum atomic E-state index is 13.4. The standard InChI is InChI=1S/C22H23Cl2FN4O4/c23-13-1-4-19-18(9-13)26-11-20(33-19)22(31)28-29-7-5-14(6-8-29)27-21(30)12-32-15-2-3-16(24)17(25)10-15/h1-4,9-10,14,20,26H,5-8,11-12H2,(H,27,30)(H,28,31)/t20-/m0/s1. The van der Waals surface area contributed by atoms with Crippen LogP contribution in [0.2, 0.25) is 10.0 Å². The lowest BCUT2D eigenvalue weighted by atomic mass is 10.1. The first-order valence-electron chi connectivity index (χ1n) is 10.5. The zero-order valence-corrected chi connectivity index (χ0v) is 19.1. The Morgan fingerprint density at radius 2 is 1.97 bits per heavy atom. The zero-order chi connectivity index (χ0) is 23.4. The maximum absolute atomic E-state index is 13.4. The summed E-state index contributed by atoms with van der Waals surface area (Å²) in [6.45, 7) is 1.26. The summed E-state index contributed by atoms with van der Waals surface area (Å²) < 4.78 is 24.5. The predicted molar refractivity (Wildman–Crippen MR) is 122 cm³/mol. The van der Waals surface area contributed by atoms with Gasteiger partial charge in [-0.3, -0.25) is 15.0 Å². The molecule has 4 rings (SSSR count). The van der Waals surface area contributed by atoms with Crippen molar-refractivity contribution in [2.24, 2.45) is 0 Å². The number of fused-ring (bicyclic) bond motifs is 1. The van der Waals surface area contributed by atoms with Crippen molar-refractivity contribution < 1.29 is 23.5 Å². The van der Waals surface area contributed by atoms with Crippen LogP contribution < -0.4 is 25.5 Å². The van der Waals surface area contributed by atoms with E-state index in [0.717, 1.165) is 11.8 Å². The second-order valence-corrected chi connectivity index (χ2v) is 8.64. The van der Waals surface area contributed by atoms with Gasteiger partial charge in [0.25, 0.3) is 11.8 Å². The van der Waals surface area contributed by atoms with Gasteiger partial charge >= 0.3 is 0 Å². The first-order chi connectivity index (χ1) is 15.9. The van der Waals surface area contributed by atoms with Gasteiger partial charge in [0.1, 0.15) is 17.3 Å². The third-order valence-corrected chi connectivity index (χ3v) is 5.91. The SMILES string of the molecule is O=C(COc1ccc(Cl)c(F)c1)NC1CCN(NC(=O)[C@@H]2CNc3cc(Cl)ccc3O2)CC1. The molecule has 0 aliphatic carbocycles. The highest BCUT2D eigenvalue weighted by Gasteiger charge is 2.29.